The lowest BCUT2D eigenvalue weighted by Gasteiger charge is -2.29. The van der Waals surface area contributed by atoms with E-state index in [9.17, 15) is 4.79 Å². The second-order valence-electron chi connectivity index (χ2n) is 9.44. The number of allylic oxidation sites excluding steroid dienone is 1. The Bertz CT molecular complexity index is 1680. The van der Waals surface area contributed by atoms with Gasteiger partial charge in [0.25, 0.3) is 5.56 Å². The predicted molar refractivity (Wildman–Crippen MR) is 147 cm³/mol. The summed E-state index contributed by atoms with van der Waals surface area (Å²) in [5.74, 6) is 1.42. The van der Waals surface area contributed by atoms with Gasteiger partial charge in [-0.3, -0.25) is 9.78 Å². The molecule has 0 radical (unpaired) electrons. The van der Waals surface area contributed by atoms with E-state index >= 15 is 0 Å². The van der Waals surface area contributed by atoms with Gasteiger partial charge in [-0.05, 0) is 49.5 Å². The number of likely N-dealkylation sites (tertiary alicyclic amines) is 1. The van der Waals surface area contributed by atoms with Crippen molar-refractivity contribution < 1.29 is 4.74 Å². The number of piperidine rings is 1. The molecule has 0 amide bonds. The van der Waals surface area contributed by atoms with E-state index in [2.05, 4.69) is 33.8 Å². The van der Waals surface area contributed by atoms with Crippen LogP contribution in [-0.2, 0) is 6.54 Å². The zero-order valence-corrected chi connectivity index (χ0v) is 21.1. The van der Waals surface area contributed by atoms with Gasteiger partial charge in [0.1, 0.15) is 11.5 Å². The summed E-state index contributed by atoms with van der Waals surface area (Å²) in [5, 5.41) is 5.73. The molecule has 1 N–H and O–H groups in total. The first-order valence-electron chi connectivity index (χ1n) is 12.6. The minimum absolute atomic E-state index is 0.112. The number of anilines is 2. The van der Waals surface area contributed by atoms with Gasteiger partial charge in [-0.1, -0.05) is 18.2 Å². The monoisotopic (exact) mass is 508 g/mol. The molecule has 0 atom stereocenters. The van der Waals surface area contributed by atoms with Gasteiger partial charge in [0.15, 0.2) is 11.5 Å². The Labute approximate surface area is 219 Å². The van der Waals surface area contributed by atoms with Crippen LogP contribution in [0.3, 0.4) is 0 Å². The molecule has 1 aliphatic heterocycles. The van der Waals surface area contributed by atoms with Crippen molar-refractivity contribution in [1.29, 1.82) is 0 Å². The highest BCUT2D eigenvalue weighted by molar-refractivity contribution is 5.85. The molecule has 5 heterocycles. The van der Waals surface area contributed by atoms with Crippen LogP contribution in [0.4, 0.5) is 11.6 Å². The summed E-state index contributed by atoms with van der Waals surface area (Å²) in [6.45, 7) is 6.10. The Hall–Kier alpha value is -4.57. The fourth-order valence-electron chi connectivity index (χ4n) is 4.76. The van der Waals surface area contributed by atoms with Crippen LogP contribution >= 0.6 is 0 Å². The SMILES string of the molecule is C=CCn1c(=O)c2cnc(Nc3ccc4ccncc4c3)nc2n1-c1cccc(OC2CCN(C)CC2)n1. The first-order valence-corrected chi connectivity index (χ1v) is 12.6. The van der Waals surface area contributed by atoms with E-state index < -0.39 is 0 Å². The van der Waals surface area contributed by atoms with E-state index in [1.807, 2.05) is 48.7 Å². The second-order valence-corrected chi connectivity index (χ2v) is 9.44. The third-order valence-corrected chi connectivity index (χ3v) is 6.75. The number of nitrogens with zero attached hydrogens (tertiary/aromatic N) is 7. The zero-order chi connectivity index (χ0) is 26.1. The van der Waals surface area contributed by atoms with Crippen molar-refractivity contribution in [2.45, 2.75) is 25.5 Å². The van der Waals surface area contributed by atoms with Crippen LogP contribution in [0.15, 0.2) is 78.5 Å². The summed E-state index contributed by atoms with van der Waals surface area (Å²) in [6, 6.07) is 13.5. The van der Waals surface area contributed by atoms with Gasteiger partial charge >= 0.3 is 0 Å². The molecule has 6 rings (SSSR count). The molecule has 192 valence electrons. The van der Waals surface area contributed by atoms with Crippen LogP contribution in [0.5, 0.6) is 5.88 Å². The number of ether oxygens (including phenoxy) is 1. The van der Waals surface area contributed by atoms with Crippen molar-refractivity contribution in [2.75, 3.05) is 25.5 Å². The zero-order valence-electron chi connectivity index (χ0n) is 21.1. The average Bonchev–Trinajstić information content (AvgIpc) is 3.21. The Morgan fingerprint density at radius 1 is 1.11 bits per heavy atom. The fraction of sp³-hybridized carbons (Fsp3) is 0.250. The van der Waals surface area contributed by atoms with Crippen LogP contribution in [-0.4, -0.2) is 60.4 Å². The molecule has 4 aromatic heterocycles. The maximum absolute atomic E-state index is 13.3. The summed E-state index contributed by atoms with van der Waals surface area (Å²) in [6.07, 6.45) is 8.80. The number of hydrogen-bond acceptors (Lipinski definition) is 8. The van der Waals surface area contributed by atoms with Crippen molar-refractivity contribution in [3.05, 3.63) is 84.1 Å². The van der Waals surface area contributed by atoms with E-state index in [4.69, 9.17) is 14.7 Å². The van der Waals surface area contributed by atoms with Crippen LogP contribution in [0.25, 0.3) is 27.6 Å². The topological polar surface area (TPSA) is 103 Å². The number of benzene rings is 1. The van der Waals surface area contributed by atoms with E-state index in [1.54, 1.807) is 27.8 Å². The molecule has 1 aromatic carbocycles. The lowest BCUT2D eigenvalue weighted by molar-refractivity contribution is 0.110. The molecule has 0 unspecified atom stereocenters. The maximum Gasteiger partial charge on any atom is 0.278 e. The third-order valence-electron chi connectivity index (χ3n) is 6.75. The van der Waals surface area contributed by atoms with Gasteiger partial charge in [0.05, 0.1) is 6.54 Å². The maximum atomic E-state index is 13.3. The lowest BCUT2D eigenvalue weighted by atomic mass is 10.1. The molecule has 1 fully saturated rings. The normalized spacial score (nSPS) is 14.7. The molecular formula is C28H28N8O2. The van der Waals surface area contributed by atoms with Gasteiger partial charge in [-0.25, -0.2) is 14.3 Å². The van der Waals surface area contributed by atoms with Crippen LogP contribution in [0, 0.1) is 0 Å². The fourth-order valence-corrected chi connectivity index (χ4v) is 4.76. The van der Waals surface area contributed by atoms with Crippen molar-refractivity contribution in [1.82, 2.24) is 34.2 Å². The number of fused-ring (bicyclic) bond motifs is 2. The Morgan fingerprint density at radius 2 is 1.97 bits per heavy atom. The third kappa shape index (κ3) is 4.61. The van der Waals surface area contributed by atoms with Gasteiger partial charge in [-0.15, -0.1) is 6.58 Å². The first-order chi connectivity index (χ1) is 18.6. The highest BCUT2D eigenvalue weighted by atomic mass is 16.5. The van der Waals surface area contributed by atoms with Gasteiger partial charge in [0, 0.05) is 48.8 Å². The van der Waals surface area contributed by atoms with E-state index in [1.165, 1.54) is 0 Å². The highest BCUT2D eigenvalue weighted by Crippen LogP contribution is 2.23. The highest BCUT2D eigenvalue weighted by Gasteiger charge is 2.21. The van der Waals surface area contributed by atoms with E-state index in [0.717, 1.165) is 42.4 Å². The largest absolute Gasteiger partial charge is 0.474 e. The Kier molecular flexibility index (Phi) is 6.30. The molecule has 0 spiro atoms. The van der Waals surface area contributed by atoms with E-state index in [0.29, 0.717) is 28.7 Å². The minimum atomic E-state index is -0.216. The molecule has 0 bridgehead atoms. The van der Waals surface area contributed by atoms with E-state index in [-0.39, 0.29) is 18.2 Å². The molecule has 0 saturated carbocycles. The van der Waals surface area contributed by atoms with Gasteiger partial charge < -0.3 is 15.0 Å². The summed E-state index contributed by atoms with van der Waals surface area (Å²) in [5.41, 5.74) is 1.04. The molecular weight excluding hydrogens is 480 g/mol. The molecule has 38 heavy (non-hydrogen) atoms. The quantitative estimate of drug-likeness (QED) is 0.330. The minimum Gasteiger partial charge on any atom is -0.474 e. The first kappa shape index (κ1) is 23.8. The van der Waals surface area contributed by atoms with Crippen molar-refractivity contribution in [3.63, 3.8) is 0 Å². The number of pyridine rings is 2. The molecule has 10 nitrogen and oxygen atoms in total. The Balaban J connectivity index is 1.38. The standard InChI is InChI=1S/C28H28N8O2/c1-3-13-35-27(37)23-18-30-28(31-21-8-7-19-9-12-29-17-20(19)16-21)33-26(23)36(35)24-5-4-6-25(32-24)38-22-10-14-34(2)15-11-22/h3-9,12,16-18,22H,1,10-11,13-15H2,2H3,(H,30,31,33). The van der Waals surface area contributed by atoms with Crippen LogP contribution < -0.4 is 15.6 Å². The summed E-state index contributed by atoms with van der Waals surface area (Å²) < 4.78 is 9.47. The number of rotatable bonds is 7. The summed E-state index contributed by atoms with van der Waals surface area (Å²) in [4.78, 5) is 33.7. The average molecular weight is 509 g/mol. The summed E-state index contributed by atoms with van der Waals surface area (Å²) in [7, 11) is 2.12. The number of aromatic nitrogens is 6. The second kappa shape index (κ2) is 10.1. The molecule has 1 saturated heterocycles. The Morgan fingerprint density at radius 3 is 2.82 bits per heavy atom. The van der Waals surface area contributed by atoms with Crippen LogP contribution in [0.1, 0.15) is 12.8 Å². The van der Waals surface area contributed by atoms with Crippen molar-refractivity contribution in [3.8, 4) is 11.7 Å². The van der Waals surface area contributed by atoms with Gasteiger partial charge in [0.2, 0.25) is 11.8 Å². The summed E-state index contributed by atoms with van der Waals surface area (Å²) >= 11 is 0. The van der Waals surface area contributed by atoms with Crippen molar-refractivity contribution in [2.24, 2.45) is 0 Å². The molecule has 0 aliphatic carbocycles. The molecule has 10 heteroatoms. The van der Waals surface area contributed by atoms with Gasteiger partial charge in [-0.2, -0.15) is 9.97 Å². The predicted octanol–water partition coefficient (Wildman–Crippen LogP) is 3.93. The smallest absolute Gasteiger partial charge is 0.278 e. The lowest BCUT2D eigenvalue weighted by Crippen LogP contribution is -2.35. The van der Waals surface area contributed by atoms with Crippen molar-refractivity contribution >= 4 is 33.4 Å². The van der Waals surface area contributed by atoms with Crippen LogP contribution in [0.2, 0.25) is 0 Å². The number of hydrogen-bond donors (Lipinski definition) is 1. The number of nitrogens with one attached hydrogen (secondary N) is 1. The molecule has 5 aromatic rings. The molecule has 1 aliphatic rings.